The Hall–Kier alpha value is -1.97. The van der Waals surface area contributed by atoms with Crippen LogP contribution in [0.3, 0.4) is 0 Å². The van der Waals surface area contributed by atoms with Gasteiger partial charge in [0.2, 0.25) is 0 Å². The fourth-order valence-corrected chi connectivity index (χ4v) is 5.38. The zero-order valence-electron chi connectivity index (χ0n) is 16.9. The minimum Gasteiger partial charge on any atom is -0.358 e. The predicted molar refractivity (Wildman–Crippen MR) is 111 cm³/mol. The number of urea groups is 1. The first-order valence-electron chi connectivity index (χ1n) is 10.6. The molecule has 0 bridgehead atoms. The van der Waals surface area contributed by atoms with Crippen LogP contribution in [-0.4, -0.2) is 23.6 Å². The molecule has 0 aliphatic heterocycles. The van der Waals surface area contributed by atoms with E-state index in [9.17, 15) is 4.79 Å². The number of para-hydroxylation sites is 1. The van der Waals surface area contributed by atoms with Crippen molar-refractivity contribution in [2.45, 2.75) is 71.3 Å². The van der Waals surface area contributed by atoms with Gasteiger partial charge in [0.05, 0.1) is 0 Å². The SMILES string of the molecule is Cc1[nH]c2ccccc2c1[C@H]1[C@@H](CCNC(=O)NC2CCCCC2)C1(C)C. The van der Waals surface area contributed by atoms with Crippen molar-refractivity contribution < 1.29 is 4.79 Å². The molecular formula is C23H33N3O. The van der Waals surface area contributed by atoms with Crippen LogP contribution in [0.25, 0.3) is 10.9 Å². The topological polar surface area (TPSA) is 56.9 Å². The summed E-state index contributed by atoms with van der Waals surface area (Å²) in [4.78, 5) is 15.7. The number of amides is 2. The molecular weight excluding hydrogens is 334 g/mol. The number of carbonyl (C=O) groups is 1. The number of aryl methyl sites for hydroxylation is 1. The minimum absolute atomic E-state index is 0.0141. The first kappa shape index (κ1) is 18.4. The van der Waals surface area contributed by atoms with E-state index < -0.39 is 0 Å². The standard InChI is InChI=1S/C23H33N3O/c1-15-20(17-11-7-8-12-19(17)25-15)21-18(23(21,2)3)13-14-24-22(27)26-16-9-5-4-6-10-16/h7-8,11-12,16,18,21,25H,4-6,9-10,13-14H2,1-3H3,(H2,24,26,27)/t18-,21-/m1/s1. The highest BCUT2D eigenvalue weighted by Gasteiger charge is 2.58. The fraction of sp³-hybridized carbons (Fsp3) is 0.609. The van der Waals surface area contributed by atoms with Gasteiger partial charge < -0.3 is 15.6 Å². The Kier molecular flexibility index (Phi) is 4.92. The van der Waals surface area contributed by atoms with Crippen molar-refractivity contribution in [3.05, 3.63) is 35.5 Å². The van der Waals surface area contributed by atoms with Crippen molar-refractivity contribution in [2.24, 2.45) is 11.3 Å². The first-order chi connectivity index (χ1) is 13.0. The van der Waals surface area contributed by atoms with Crippen molar-refractivity contribution in [1.29, 1.82) is 0 Å². The highest BCUT2D eigenvalue weighted by molar-refractivity contribution is 5.86. The largest absolute Gasteiger partial charge is 0.358 e. The van der Waals surface area contributed by atoms with Gasteiger partial charge in [0.1, 0.15) is 0 Å². The quantitative estimate of drug-likeness (QED) is 0.665. The maximum absolute atomic E-state index is 12.2. The second kappa shape index (κ2) is 7.21. The number of carbonyl (C=O) groups excluding carboxylic acids is 1. The molecule has 1 heterocycles. The highest BCUT2D eigenvalue weighted by atomic mass is 16.2. The molecule has 0 unspecified atom stereocenters. The molecule has 0 radical (unpaired) electrons. The number of hydrogen-bond acceptors (Lipinski definition) is 1. The minimum atomic E-state index is 0.0141. The number of nitrogens with one attached hydrogen (secondary N) is 3. The van der Waals surface area contributed by atoms with Gasteiger partial charge in [-0.3, -0.25) is 0 Å². The zero-order chi connectivity index (χ0) is 19.0. The van der Waals surface area contributed by atoms with E-state index in [0.29, 0.717) is 17.9 Å². The molecule has 4 nitrogen and oxygen atoms in total. The van der Waals surface area contributed by atoms with E-state index in [2.05, 4.69) is 60.7 Å². The summed E-state index contributed by atoms with van der Waals surface area (Å²) < 4.78 is 0. The van der Waals surface area contributed by atoms with Gasteiger partial charge >= 0.3 is 6.03 Å². The van der Waals surface area contributed by atoms with Crippen LogP contribution in [0.5, 0.6) is 0 Å². The second-order valence-electron chi connectivity index (χ2n) is 9.14. The molecule has 0 spiro atoms. The molecule has 146 valence electrons. The van der Waals surface area contributed by atoms with Crippen LogP contribution in [-0.2, 0) is 0 Å². The molecule has 4 heteroatoms. The Balaban J connectivity index is 1.34. The van der Waals surface area contributed by atoms with Gasteiger partial charge in [0.15, 0.2) is 0 Å². The number of rotatable bonds is 5. The summed E-state index contributed by atoms with van der Waals surface area (Å²) in [5.74, 6) is 1.18. The molecule has 1 aromatic carbocycles. The molecule has 0 saturated heterocycles. The highest BCUT2D eigenvalue weighted by Crippen LogP contribution is 2.67. The molecule has 4 rings (SSSR count). The Morgan fingerprint density at radius 1 is 1.19 bits per heavy atom. The number of aromatic nitrogens is 1. The molecule has 2 saturated carbocycles. The lowest BCUT2D eigenvalue weighted by Crippen LogP contribution is -2.43. The molecule has 2 aliphatic carbocycles. The number of hydrogen-bond donors (Lipinski definition) is 3. The van der Waals surface area contributed by atoms with Gasteiger partial charge in [0, 0.05) is 29.2 Å². The van der Waals surface area contributed by atoms with Crippen molar-refractivity contribution in [3.8, 4) is 0 Å². The van der Waals surface area contributed by atoms with Crippen LogP contribution >= 0.6 is 0 Å². The Bertz CT molecular complexity index is 816. The Morgan fingerprint density at radius 2 is 1.93 bits per heavy atom. The molecule has 3 N–H and O–H groups in total. The third-order valence-corrected chi connectivity index (χ3v) is 6.99. The summed E-state index contributed by atoms with van der Waals surface area (Å²) in [6.07, 6.45) is 7.09. The summed E-state index contributed by atoms with van der Waals surface area (Å²) in [5, 5.41) is 7.61. The van der Waals surface area contributed by atoms with Crippen molar-refractivity contribution in [1.82, 2.24) is 15.6 Å². The van der Waals surface area contributed by atoms with E-state index in [4.69, 9.17) is 0 Å². The lowest BCUT2D eigenvalue weighted by atomic mass is 9.96. The zero-order valence-corrected chi connectivity index (χ0v) is 16.9. The van der Waals surface area contributed by atoms with Crippen LogP contribution in [0.4, 0.5) is 4.79 Å². The monoisotopic (exact) mass is 367 g/mol. The maximum Gasteiger partial charge on any atom is 0.315 e. The number of H-pyrrole nitrogens is 1. The lowest BCUT2D eigenvalue weighted by Gasteiger charge is -2.22. The van der Waals surface area contributed by atoms with E-state index in [1.54, 1.807) is 0 Å². The molecule has 2 fully saturated rings. The van der Waals surface area contributed by atoms with Gasteiger partial charge in [0.25, 0.3) is 0 Å². The lowest BCUT2D eigenvalue weighted by molar-refractivity contribution is 0.232. The summed E-state index contributed by atoms with van der Waals surface area (Å²) in [5.41, 5.74) is 4.29. The maximum atomic E-state index is 12.2. The van der Waals surface area contributed by atoms with Gasteiger partial charge in [-0.25, -0.2) is 4.79 Å². The van der Waals surface area contributed by atoms with Crippen molar-refractivity contribution in [2.75, 3.05) is 6.54 Å². The van der Waals surface area contributed by atoms with Crippen LogP contribution in [0.1, 0.15) is 69.5 Å². The number of benzene rings is 1. The fourth-order valence-electron chi connectivity index (χ4n) is 5.38. The third kappa shape index (κ3) is 3.59. The molecule has 1 aromatic heterocycles. The van der Waals surface area contributed by atoms with Crippen LogP contribution in [0, 0.1) is 18.3 Å². The van der Waals surface area contributed by atoms with E-state index >= 15 is 0 Å². The van der Waals surface area contributed by atoms with Crippen LogP contribution < -0.4 is 10.6 Å². The summed E-state index contributed by atoms with van der Waals surface area (Å²) in [7, 11) is 0. The normalized spacial score (nSPS) is 24.7. The molecule has 2 aromatic rings. The number of aromatic amines is 1. The molecule has 2 atom stereocenters. The number of fused-ring (bicyclic) bond motifs is 1. The van der Waals surface area contributed by atoms with E-state index in [-0.39, 0.29) is 11.4 Å². The molecule has 2 amide bonds. The van der Waals surface area contributed by atoms with Crippen molar-refractivity contribution in [3.63, 3.8) is 0 Å². The van der Waals surface area contributed by atoms with E-state index in [1.165, 1.54) is 41.4 Å². The van der Waals surface area contributed by atoms with E-state index in [0.717, 1.165) is 25.8 Å². The van der Waals surface area contributed by atoms with Gasteiger partial charge in [-0.05, 0) is 55.1 Å². The molecule has 27 heavy (non-hydrogen) atoms. The van der Waals surface area contributed by atoms with Crippen LogP contribution in [0.2, 0.25) is 0 Å². The first-order valence-corrected chi connectivity index (χ1v) is 10.6. The van der Waals surface area contributed by atoms with Crippen LogP contribution in [0.15, 0.2) is 24.3 Å². The Labute approximate surface area is 162 Å². The van der Waals surface area contributed by atoms with Gasteiger partial charge in [-0.15, -0.1) is 0 Å². The van der Waals surface area contributed by atoms with Gasteiger partial charge in [-0.2, -0.15) is 0 Å². The predicted octanol–water partition coefficient (Wildman–Crippen LogP) is 5.24. The van der Waals surface area contributed by atoms with Gasteiger partial charge in [-0.1, -0.05) is 51.3 Å². The second-order valence-corrected chi connectivity index (χ2v) is 9.14. The average molecular weight is 368 g/mol. The summed E-state index contributed by atoms with van der Waals surface area (Å²) >= 11 is 0. The summed E-state index contributed by atoms with van der Waals surface area (Å²) in [6, 6.07) is 8.99. The molecule has 2 aliphatic rings. The van der Waals surface area contributed by atoms with Crippen molar-refractivity contribution >= 4 is 16.9 Å². The Morgan fingerprint density at radius 3 is 2.70 bits per heavy atom. The van der Waals surface area contributed by atoms with E-state index in [1.807, 2.05) is 0 Å². The summed E-state index contributed by atoms with van der Waals surface area (Å²) in [6.45, 7) is 7.68. The average Bonchev–Trinajstić information content (AvgIpc) is 3.01. The third-order valence-electron chi connectivity index (χ3n) is 6.99. The smallest absolute Gasteiger partial charge is 0.315 e.